The van der Waals surface area contributed by atoms with E-state index >= 15 is 0 Å². The molecule has 5 nitrogen and oxygen atoms in total. The van der Waals surface area contributed by atoms with Crippen LogP contribution in [-0.2, 0) is 0 Å². The van der Waals surface area contributed by atoms with Crippen LogP contribution in [0.5, 0.6) is 0 Å². The Balaban J connectivity index is 1.55. The Morgan fingerprint density at radius 1 is 1.10 bits per heavy atom. The SMILES string of the molecule is CC1(C#Cc2cc(F)cc(N(c3nc4nncn4c4ccc(F)cc34)C3CC3)c2)CC1. The van der Waals surface area contributed by atoms with E-state index in [1.165, 1.54) is 24.3 Å². The Labute approximate surface area is 177 Å². The number of rotatable bonds is 3. The second kappa shape index (κ2) is 6.48. The van der Waals surface area contributed by atoms with Crippen LogP contribution in [0.1, 0.15) is 38.2 Å². The highest BCUT2D eigenvalue weighted by Crippen LogP contribution is 2.44. The summed E-state index contributed by atoms with van der Waals surface area (Å²) in [6.45, 7) is 2.12. The molecule has 2 aromatic carbocycles. The van der Waals surface area contributed by atoms with Crippen LogP contribution < -0.4 is 4.90 Å². The highest BCUT2D eigenvalue weighted by atomic mass is 19.1. The molecule has 7 heteroatoms. The quantitative estimate of drug-likeness (QED) is 0.442. The van der Waals surface area contributed by atoms with Crippen LogP contribution in [-0.4, -0.2) is 25.6 Å². The monoisotopic (exact) mass is 415 g/mol. The topological polar surface area (TPSA) is 46.3 Å². The fraction of sp³-hybridized carbons (Fsp3) is 0.292. The van der Waals surface area contributed by atoms with Crippen LogP contribution in [0.3, 0.4) is 0 Å². The third-order valence-electron chi connectivity index (χ3n) is 6.00. The van der Waals surface area contributed by atoms with E-state index in [2.05, 4.69) is 33.9 Å². The molecule has 0 amide bonds. The zero-order valence-electron chi connectivity index (χ0n) is 16.9. The molecule has 0 bridgehead atoms. The van der Waals surface area contributed by atoms with Gasteiger partial charge < -0.3 is 4.90 Å². The number of hydrogen-bond donors (Lipinski definition) is 0. The van der Waals surface area contributed by atoms with Gasteiger partial charge >= 0.3 is 0 Å². The molecule has 0 unspecified atom stereocenters. The fourth-order valence-electron chi connectivity index (χ4n) is 3.87. The van der Waals surface area contributed by atoms with Crippen molar-refractivity contribution in [1.82, 2.24) is 19.6 Å². The van der Waals surface area contributed by atoms with Gasteiger partial charge in [0.2, 0.25) is 0 Å². The Bertz CT molecular complexity index is 1410. The van der Waals surface area contributed by atoms with Crippen molar-refractivity contribution in [1.29, 1.82) is 0 Å². The molecule has 2 aromatic heterocycles. The fourth-order valence-corrected chi connectivity index (χ4v) is 3.87. The highest BCUT2D eigenvalue weighted by molar-refractivity contribution is 5.94. The van der Waals surface area contributed by atoms with Crippen molar-refractivity contribution in [3.8, 4) is 11.8 Å². The molecule has 2 aliphatic rings. The Morgan fingerprint density at radius 2 is 1.94 bits per heavy atom. The number of halogens is 2. The van der Waals surface area contributed by atoms with Gasteiger partial charge in [0.25, 0.3) is 5.78 Å². The molecule has 154 valence electrons. The van der Waals surface area contributed by atoms with Gasteiger partial charge in [0.15, 0.2) is 0 Å². The zero-order valence-corrected chi connectivity index (χ0v) is 16.9. The molecule has 6 rings (SSSR count). The maximum absolute atomic E-state index is 14.6. The van der Waals surface area contributed by atoms with Crippen LogP contribution in [0.15, 0.2) is 42.7 Å². The van der Waals surface area contributed by atoms with E-state index in [1.54, 1.807) is 16.8 Å². The van der Waals surface area contributed by atoms with Crippen molar-refractivity contribution in [2.45, 2.75) is 38.6 Å². The summed E-state index contributed by atoms with van der Waals surface area (Å²) in [7, 11) is 0. The van der Waals surface area contributed by atoms with Gasteiger partial charge in [0, 0.05) is 28.1 Å². The maximum atomic E-state index is 14.6. The number of fused-ring (bicyclic) bond motifs is 3. The molecule has 31 heavy (non-hydrogen) atoms. The average molecular weight is 415 g/mol. The summed E-state index contributed by atoms with van der Waals surface area (Å²) >= 11 is 0. The second-order valence-electron chi connectivity index (χ2n) is 8.71. The van der Waals surface area contributed by atoms with Gasteiger partial charge in [-0.05, 0) is 69.0 Å². The van der Waals surface area contributed by atoms with Gasteiger partial charge in [-0.25, -0.2) is 8.78 Å². The van der Waals surface area contributed by atoms with Gasteiger partial charge in [-0.15, -0.1) is 10.2 Å². The molecule has 2 saturated carbocycles. The van der Waals surface area contributed by atoms with E-state index < -0.39 is 0 Å². The molecule has 2 fully saturated rings. The van der Waals surface area contributed by atoms with Gasteiger partial charge in [0.1, 0.15) is 23.8 Å². The number of hydrogen-bond acceptors (Lipinski definition) is 4. The van der Waals surface area contributed by atoms with Crippen molar-refractivity contribution in [2.75, 3.05) is 4.90 Å². The predicted molar refractivity (Wildman–Crippen MR) is 114 cm³/mol. The van der Waals surface area contributed by atoms with Gasteiger partial charge in [-0.3, -0.25) is 4.40 Å². The van der Waals surface area contributed by atoms with Crippen LogP contribution >= 0.6 is 0 Å². The summed E-state index contributed by atoms with van der Waals surface area (Å²) in [6, 6.07) is 9.55. The van der Waals surface area contributed by atoms with E-state index in [0.717, 1.165) is 31.2 Å². The molecule has 0 spiro atoms. The highest BCUT2D eigenvalue weighted by Gasteiger charge is 2.35. The molecule has 0 atom stereocenters. The maximum Gasteiger partial charge on any atom is 0.257 e. The van der Waals surface area contributed by atoms with Crippen LogP contribution in [0.4, 0.5) is 20.3 Å². The van der Waals surface area contributed by atoms with Gasteiger partial charge in [0.05, 0.1) is 5.52 Å². The molecular formula is C24H19F2N5. The standard InChI is InChI=1S/C24H19F2N5/c1-24(8-9-24)7-6-15-10-17(26)12-19(11-15)31(18-3-4-18)22-20-13-16(25)2-5-21(20)30-14-27-29-23(30)28-22/h2,5,10-14,18H,3-4,8-9H2,1H3. The summed E-state index contributed by atoms with van der Waals surface area (Å²) in [5, 5.41) is 8.67. The van der Waals surface area contributed by atoms with Crippen LogP contribution in [0.25, 0.3) is 16.7 Å². The summed E-state index contributed by atoms with van der Waals surface area (Å²) in [4.78, 5) is 6.68. The van der Waals surface area contributed by atoms with Crippen molar-refractivity contribution in [2.24, 2.45) is 5.41 Å². The van der Waals surface area contributed by atoms with E-state index in [1.807, 2.05) is 11.0 Å². The summed E-state index contributed by atoms with van der Waals surface area (Å²) in [5.41, 5.74) is 2.09. The van der Waals surface area contributed by atoms with Gasteiger partial charge in [-0.2, -0.15) is 4.98 Å². The first-order chi connectivity index (χ1) is 15.0. The predicted octanol–water partition coefficient (Wildman–Crippen LogP) is 5.01. The molecule has 2 aliphatic carbocycles. The molecule has 0 N–H and O–H groups in total. The number of benzene rings is 2. The lowest BCUT2D eigenvalue weighted by atomic mass is 10.1. The van der Waals surface area contributed by atoms with E-state index in [4.69, 9.17) is 0 Å². The third-order valence-corrected chi connectivity index (χ3v) is 6.00. The number of nitrogens with zero attached hydrogens (tertiary/aromatic N) is 5. The number of anilines is 2. The molecule has 0 radical (unpaired) electrons. The first-order valence-corrected chi connectivity index (χ1v) is 10.4. The van der Waals surface area contributed by atoms with Crippen molar-refractivity contribution >= 4 is 28.2 Å². The zero-order chi connectivity index (χ0) is 21.2. The van der Waals surface area contributed by atoms with E-state index in [0.29, 0.717) is 28.2 Å². The van der Waals surface area contributed by atoms with Crippen LogP contribution in [0, 0.1) is 28.9 Å². The Kier molecular flexibility index (Phi) is 3.82. The smallest absolute Gasteiger partial charge is 0.257 e. The normalized spacial score (nSPS) is 16.9. The molecule has 0 saturated heterocycles. The van der Waals surface area contributed by atoms with Crippen LogP contribution in [0.2, 0.25) is 0 Å². The summed E-state index contributed by atoms with van der Waals surface area (Å²) < 4.78 is 30.5. The first kappa shape index (κ1) is 18.3. The molecular weight excluding hydrogens is 396 g/mol. The lowest BCUT2D eigenvalue weighted by Crippen LogP contribution is -2.22. The second-order valence-corrected chi connectivity index (χ2v) is 8.71. The van der Waals surface area contributed by atoms with E-state index in [9.17, 15) is 8.78 Å². The lowest BCUT2D eigenvalue weighted by Gasteiger charge is -2.25. The number of aromatic nitrogens is 4. The first-order valence-electron chi connectivity index (χ1n) is 10.4. The molecule has 2 heterocycles. The third kappa shape index (κ3) is 3.28. The average Bonchev–Trinajstić information content (AvgIpc) is 3.66. The van der Waals surface area contributed by atoms with E-state index in [-0.39, 0.29) is 23.1 Å². The van der Waals surface area contributed by atoms with Crippen molar-refractivity contribution in [3.05, 3.63) is 59.9 Å². The van der Waals surface area contributed by atoms with Crippen molar-refractivity contribution in [3.63, 3.8) is 0 Å². The minimum Gasteiger partial charge on any atom is -0.322 e. The largest absolute Gasteiger partial charge is 0.322 e. The minimum atomic E-state index is -0.359. The lowest BCUT2D eigenvalue weighted by molar-refractivity contribution is 0.626. The Morgan fingerprint density at radius 3 is 2.71 bits per heavy atom. The summed E-state index contributed by atoms with van der Waals surface area (Å²) in [5.74, 6) is 6.66. The van der Waals surface area contributed by atoms with Gasteiger partial charge in [-0.1, -0.05) is 11.8 Å². The van der Waals surface area contributed by atoms with Crippen molar-refractivity contribution < 1.29 is 8.78 Å². The molecule has 0 aliphatic heterocycles. The Hall–Kier alpha value is -3.53. The molecule has 4 aromatic rings. The minimum absolute atomic E-state index is 0.0522. The summed E-state index contributed by atoms with van der Waals surface area (Å²) in [6.07, 6.45) is 5.62.